The smallest absolute Gasteiger partial charge is 0.238 e. The van der Waals surface area contributed by atoms with Gasteiger partial charge in [0.05, 0.1) is 28.1 Å². The van der Waals surface area contributed by atoms with Crippen LogP contribution in [0, 0.1) is 5.92 Å². The zero-order chi connectivity index (χ0) is 21.3. The second-order valence-corrected chi connectivity index (χ2v) is 9.73. The third-order valence-electron chi connectivity index (χ3n) is 5.07. The molecule has 1 aromatic heterocycles. The number of carbonyl (C=O) groups is 1. The predicted molar refractivity (Wildman–Crippen MR) is 116 cm³/mol. The largest absolute Gasteiger partial charge is 0.497 e. The zero-order valence-corrected chi connectivity index (χ0v) is 18.0. The lowest BCUT2D eigenvalue weighted by Gasteiger charge is -2.37. The van der Waals surface area contributed by atoms with E-state index in [4.69, 9.17) is 9.88 Å². The highest BCUT2D eigenvalue weighted by Crippen LogP contribution is 2.34. The second kappa shape index (κ2) is 8.21. The maximum atomic E-state index is 12.4. The van der Waals surface area contributed by atoms with Crippen LogP contribution in [-0.4, -0.2) is 46.1 Å². The van der Waals surface area contributed by atoms with E-state index in [0.717, 1.165) is 26.7 Å². The summed E-state index contributed by atoms with van der Waals surface area (Å²) in [7, 11) is -2.05. The molecule has 158 valence electrons. The summed E-state index contributed by atoms with van der Waals surface area (Å²) >= 11 is 1.61. The summed E-state index contributed by atoms with van der Waals surface area (Å²) in [5.74, 6) is 0.742. The van der Waals surface area contributed by atoms with Crippen LogP contribution in [0.5, 0.6) is 5.75 Å². The molecule has 1 aliphatic rings. The Hall–Kier alpha value is -2.69. The fourth-order valence-corrected chi connectivity index (χ4v) is 4.76. The van der Waals surface area contributed by atoms with Crippen molar-refractivity contribution in [3.05, 3.63) is 48.0 Å². The van der Waals surface area contributed by atoms with Gasteiger partial charge in [0.25, 0.3) is 0 Å². The standard InChI is InChI=1S/C20H22N4O4S2/c1-28-15-4-7-18-17(10-15)23-20(29-18)24-11-14(12-24)19(25)22-9-8-13-2-5-16(6-3-13)30(21,26)27/h2-7,10,14H,8-9,11-12H2,1H3,(H,22,25)(H2,21,26,27). The number of nitrogens with zero attached hydrogens (tertiary/aromatic N) is 2. The number of thiazole rings is 1. The lowest BCUT2D eigenvalue weighted by atomic mass is 10.00. The Balaban J connectivity index is 1.25. The summed E-state index contributed by atoms with van der Waals surface area (Å²) in [6, 6.07) is 12.2. The van der Waals surface area contributed by atoms with Crippen LogP contribution >= 0.6 is 11.3 Å². The Morgan fingerprint density at radius 3 is 2.67 bits per heavy atom. The number of primary sulfonamides is 1. The number of fused-ring (bicyclic) bond motifs is 1. The van der Waals surface area contributed by atoms with Crippen LogP contribution in [0.3, 0.4) is 0 Å². The van der Waals surface area contributed by atoms with Crippen LogP contribution in [0.25, 0.3) is 10.2 Å². The molecular formula is C20H22N4O4S2. The molecule has 1 fully saturated rings. The highest BCUT2D eigenvalue weighted by atomic mass is 32.2. The molecule has 0 aliphatic carbocycles. The highest BCUT2D eigenvalue weighted by molar-refractivity contribution is 7.89. The van der Waals surface area contributed by atoms with E-state index in [-0.39, 0.29) is 16.7 Å². The van der Waals surface area contributed by atoms with Crippen molar-refractivity contribution in [1.29, 1.82) is 0 Å². The summed E-state index contributed by atoms with van der Waals surface area (Å²) in [5, 5.41) is 8.96. The molecule has 1 aliphatic heterocycles. The Morgan fingerprint density at radius 1 is 1.27 bits per heavy atom. The van der Waals surface area contributed by atoms with Crippen LogP contribution in [0.15, 0.2) is 47.4 Å². The van der Waals surface area contributed by atoms with Crippen LogP contribution < -0.4 is 20.1 Å². The van der Waals surface area contributed by atoms with E-state index in [1.807, 2.05) is 18.2 Å². The fraction of sp³-hybridized carbons (Fsp3) is 0.300. The average Bonchev–Trinajstić information content (AvgIpc) is 3.09. The molecule has 2 aromatic carbocycles. The van der Waals surface area contributed by atoms with Crippen molar-refractivity contribution in [1.82, 2.24) is 10.3 Å². The number of carbonyl (C=O) groups excluding carboxylic acids is 1. The number of amides is 1. The molecule has 2 heterocycles. The first-order valence-corrected chi connectivity index (χ1v) is 11.8. The van der Waals surface area contributed by atoms with Crippen LogP contribution in [0.1, 0.15) is 5.56 Å². The third-order valence-corrected chi connectivity index (χ3v) is 7.10. The number of hydrogen-bond acceptors (Lipinski definition) is 7. The Labute approximate surface area is 178 Å². The quantitative estimate of drug-likeness (QED) is 0.571. The molecule has 30 heavy (non-hydrogen) atoms. The summed E-state index contributed by atoms with van der Waals surface area (Å²) < 4.78 is 28.9. The number of benzene rings is 2. The minimum atomic E-state index is -3.69. The molecule has 10 heteroatoms. The van der Waals surface area contributed by atoms with Gasteiger partial charge in [-0.2, -0.15) is 0 Å². The number of anilines is 1. The van der Waals surface area contributed by atoms with Crippen molar-refractivity contribution in [3.63, 3.8) is 0 Å². The number of ether oxygens (including phenoxy) is 1. The molecule has 0 bridgehead atoms. The van der Waals surface area contributed by atoms with Gasteiger partial charge in [0.15, 0.2) is 5.13 Å². The molecule has 0 saturated carbocycles. The van der Waals surface area contributed by atoms with E-state index < -0.39 is 10.0 Å². The number of rotatable bonds is 7. The van der Waals surface area contributed by atoms with Crippen molar-refractivity contribution < 1.29 is 17.9 Å². The highest BCUT2D eigenvalue weighted by Gasteiger charge is 2.34. The van der Waals surface area contributed by atoms with Crippen molar-refractivity contribution >= 4 is 42.6 Å². The Bertz CT molecular complexity index is 1170. The van der Waals surface area contributed by atoms with Crippen LogP contribution in [0.2, 0.25) is 0 Å². The SMILES string of the molecule is COc1ccc2sc(N3CC(C(=O)NCCc4ccc(S(N)(=O)=O)cc4)C3)nc2c1. The Morgan fingerprint density at radius 2 is 2.00 bits per heavy atom. The monoisotopic (exact) mass is 446 g/mol. The normalized spacial score (nSPS) is 14.5. The van der Waals surface area contributed by atoms with Crippen molar-refractivity contribution in [2.24, 2.45) is 11.1 Å². The first-order valence-electron chi connectivity index (χ1n) is 9.42. The van der Waals surface area contributed by atoms with Gasteiger partial charge in [-0.25, -0.2) is 18.5 Å². The first-order chi connectivity index (χ1) is 14.3. The minimum Gasteiger partial charge on any atom is -0.497 e. The van der Waals surface area contributed by atoms with Gasteiger partial charge in [-0.1, -0.05) is 23.5 Å². The van der Waals surface area contributed by atoms with E-state index in [9.17, 15) is 13.2 Å². The van der Waals surface area contributed by atoms with Crippen LogP contribution in [-0.2, 0) is 21.2 Å². The average molecular weight is 447 g/mol. The number of nitrogens with two attached hydrogens (primary N) is 1. The topological polar surface area (TPSA) is 115 Å². The third kappa shape index (κ3) is 4.40. The maximum absolute atomic E-state index is 12.4. The summed E-state index contributed by atoms with van der Waals surface area (Å²) in [5.41, 5.74) is 1.83. The second-order valence-electron chi connectivity index (χ2n) is 7.16. The van der Waals surface area contributed by atoms with Gasteiger partial charge in [-0.15, -0.1) is 0 Å². The van der Waals surface area contributed by atoms with Crippen molar-refractivity contribution in [2.45, 2.75) is 11.3 Å². The number of sulfonamides is 1. The lowest BCUT2D eigenvalue weighted by molar-refractivity contribution is -0.125. The fourth-order valence-electron chi connectivity index (χ4n) is 3.28. The molecule has 8 nitrogen and oxygen atoms in total. The zero-order valence-electron chi connectivity index (χ0n) is 16.4. The number of nitrogens with one attached hydrogen (secondary N) is 1. The summed E-state index contributed by atoms with van der Waals surface area (Å²) in [4.78, 5) is 19.2. The maximum Gasteiger partial charge on any atom is 0.238 e. The molecular weight excluding hydrogens is 424 g/mol. The first kappa shape index (κ1) is 20.6. The van der Waals surface area contributed by atoms with Gasteiger partial charge in [-0.3, -0.25) is 4.79 Å². The van der Waals surface area contributed by atoms with E-state index in [1.165, 1.54) is 12.1 Å². The number of aromatic nitrogens is 1. The molecule has 1 amide bonds. The minimum absolute atomic E-state index is 0.0233. The van der Waals surface area contributed by atoms with Gasteiger partial charge in [0, 0.05) is 25.7 Å². The van der Waals surface area contributed by atoms with Crippen LogP contribution in [0.4, 0.5) is 5.13 Å². The van der Waals surface area contributed by atoms with Gasteiger partial charge < -0.3 is 15.0 Å². The summed E-state index contributed by atoms with van der Waals surface area (Å²) in [6.45, 7) is 1.78. The lowest BCUT2D eigenvalue weighted by Crippen LogP contribution is -2.54. The van der Waals surface area contributed by atoms with Gasteiger partial charge in [-0.05, 0) is 36.2 Å². The number of methoxy groups -OCH3 is 1. The van der Waals surface area contributed by atoms with Gasteiger partial charge >= 0.3 is 0 Å². The van der Waals surface area contributed by atoms with E-state index in [2.05, 4.69) is 15.2 Å². The van der Waals surface area contributed by atoms with E-state index in [1.54, 1.807) is 30.6 Å². The number of hydrogen-bond donors (Lipinski definition) is 2. The molecule has 0 atom stereocenters. The van der Waals surface area contributed by atoms with Crippen molar-refractivity contribution in [2.75, 3.05) is 31.6 Å². The van der Waals surface area contributed by atoms with E-state index >= 15 is 0 Å². The Kier molecular flexibility index (Phi) is 5.63. The molecule has 0 unspecified atom stereocenters. The predicted octanol–water partition coefficient (Wildman–Crippen LogP) is 1.75. The molecule has 0 radical (unpaired) electrons. The van der Waals surface area contributed by atoms with E-state index in [0.29, 0.717) is 26.1 Å². The molecule has 0 spiro atoms. The molecule has 4 rings (SSSR count). The van der Waals surface area contributed by atoms with Gasteiger partial charge in [0.1, 0.15) is 5.75 Å². The summed E-state index contributed by atoms with van der Waals surface area (Å²) in [6.07, 6.45) is 0.618. The van der Waals surface area contributed by atoms with Gasteiger partial charge in [0.2, 0.25) is 15.9 Å². The molecule has 3 N–H and O–H groups in total. The molecule has 3 aromatic rings. The molecule has 1 saturated heterocycles. The van der Waals surface area contributed by atoms with Crippen molar-refractivity contribution in [3.8, 4) is 5.75 Å².